The maximum Gasteiger partial charge on any atom is 0.265 e. The van der Waals surface area contributed by atoms with E-state index in [1.165, 1.54) is 0 Å². The van der Waals surface area contributed by atoms with Gasteiger partial charge in [0.1, 0.15) is 5.75 Å². The van der Waals surface area contributed by atoms with Gasteiger partial charge < -0.3 is 15.4 Å². The molecule has 3 rings (SSSR count). The van der Waals surface area contributed by atoms with Crippen molar-refractivity contribution in [3.8, 4) is 5.75 Å². The van der Waals surface area contributed by atoms with Gasteiger partial charge in [0.25, 0.3) is 11.8 Å². The van der Waals surface area contributed by atoms with Gasteiger partial charge in [0, 0.05) is 0 Å². The van der Waals surface area contributed by atoms with E-state index in [1.54, 1.807) is 43.3 Å². The zero-order chi connectivity index (χ0) is 20.6. The van der Waals surface area contributed by atoms with E-state index in [-0.39, 0.29) is 17.9 Å². The summed E-state index contributed by atoms with van der Waals surface area (Å²) in [5, 5.41) is 5.77. The van der Waals surface area contributed by atoms with Gasteiger partial charge in [-0.2, -0.15) is 0 Å². The highest BCUT2D eigenvalue weighted by molar-refractivity contribution is 6.04. The molecule has 0 spiro atoms. The van der Waals surface area contributed by atoms with Gasteiger partial charge in [-0.1, -0.05) is 60.7 Å². The zero-order valence-corrected chi connectivity index (χ0v) is 16.5. The molecule has 3 aromatic carbocycles. The van der Waals surface area contributed by atoms with Crippen LogP contribution in [-0.2, 0) is 4.79 Å². The number of benzene rings is 3. The molecule has 0 bridgehead atoms. The molecule has 0 aliphatic rings. The van der Waals surface area contributed by atoms with Crippen molar-refractivity contribution < 1.29 is 14.3 Å². The Kier molecular flexibility index (Phi) is 6.63. The lowest BCUT2D eigenvalue weighted by Gasteiger charge is -2.18. The second kappa shape index (κ2) is 9.55. The largest absolute Gasteiger partial charge is 0.481 e. The number of nitrogens with one attached hydrogen (secondary N) is 2. The number of carbonyl (C=O) groups excluding carboxylic acids is 2. The van der Waals surface area contributed by atoms with Crippen molar-refractivity contribution in [2.45, 2.75) is 26.0 Å². The molecular formula is C24H24N2O3. The van der Waals surface area contributed by atoms with Crippen LogP contribution in [0.2, 0.25) is 0 Å². The Morgan fingerprint density at radius 1 is 0.793 bits per heavy atom. The van der Waals surface area contributed by atoms with Gasteiger partial charge in [-0.05, 0) is 43.7 Å². The molecular weight excluding hydrogens is 364 g/mol. The Hall–Kier alpha value is -3.60. The highest BCUT2D eigenvalue weighted by atomic mass is 16.5. The van der Waals surface area contributed by atoms with Crippen LogP contribution >= 0.6 is 0 Å². The number of ether oxygens (including phenoxy) is 1. The third-order valence-corrected chi connectivity index (χ3v) is 4.50. The molecule has 0 aliphatic carbocycles. The average Bonchev–Trinajstić information content (AvgIpc) is 2.75. The van der Waals surface area contributed by atoms with E-state index in [4.69, 9.17) is 4.74 Å². The van der Waals surface area contributed by atoms with E-state index < -0.39 is 6.10 Å². The molecule has 5 heteroatoms. The number of amides is 2. The molecule has 0 saturated heterocycles. The highest BCUT2D eigenvalue weighted by Crippen LogP contribution is 2.19. The predicted octanol–water partition coefficient (Wildman–Crippen LogP) is 4.58. The average molecular weight is 388 g/mol. The maximum atomic E-state index is 12.8. The van der Waals surface area contributed by atoms with Crippen LogP contribution < -0.4 is 15.4 Å². The lowest BCUT2D eigenvalue weighted by atomic mass is 10.1. The van der Waals surface area contributed by atoms with Crippen molar-refractivity contribution in [1.29, 1.82) is 0 Å². The van der Waals surface area contributed by atoms with Crippen molar-refractivity contribution in [2.75, 3.05) is 5.32 Å². The first-order valence-corrected chi connectivity index (χ1v) is 9.52. The minimum absolute atomic E-state index is 0.159. The van der Waals surface area contributed by atoms with Gasteiger partial charge in [-0.25, -0.2) is 0 Å². The first-order valence-electron chi connectivity index (χ1n) is 9.52. The Morgan fingerprint density at radius 3 is 2.07 bits per heavy atom. The molecule has 148 valence electrons. The van der Waals surface area contributed by atoms with Gasteiger partial charge in [-0.15, -0.1) is 0 Å². The summed E-state index contributed by atoms with van der Waals surface area (Å²) in [6.45, 7) is 3.59. The summed E-state index contributed by atoms with van der Waals surface area (Å²) in [5.41, 5.74) is 1.85. The predicted molar refractivity (Wildman–Crippen MR) is 114 cm³/mol. The van der Waals surface area contributed by atoms with Crippen LogP contribution in [0.5, 0.6) is 5.75 Å². The third-order valence-electron chi connectivity index (χ3n) is 4.50. The quantitative estimate of drug-likeness (QED) is 0.622. The SMILES string of the molecule is C[C@@H](Oc1ccccc1)C(=O)Nc1ccccc1C(=O)N[C@H](C)c1ccccc1. The van der Waals surface area contributed by atoms with E-state index in [0.29, 0.717) is 17.0 Å². The third kappa shape index (κ3) is 5.45. The molecule has 29 heavy (non-hydrogen) atoms. The Labute approximate surface area is 170 Å². The van der Waals surface area contributed by atoms with Crippen LogP contribution in [0.25, 0.3) is 0 Å². The lowest BCUT2D eigenvalue weighted by Crippen LogP contribution is -2.32. The van der Waals surface area contributed by atoms with Crippen LogP contribution in [0, 0.1) is 0 Å². The number of rotatable bonds is 7. The van der Waals surface area contributed by atoms with Crippen LogP contribution in [-0.4, -0.2) is 17.9 Å². The Morgan fingerprint density at radius 2 is 1.38 bits per heavy atom. The molecule has 3 aromatic rings. The molecule has 2 N–H and O–H groups in total. The fourth-order valence-electron chi connectivity index (χ4n) is 2.88. The standard InChI is InChI=1S/C24H24N2O3/c1-17(19-11-5-3-6-12-19)25-24(28)21-15-9-10-16-22(21)26-23(27)18(2)29-20-13-7-4-8-14-20/h3-18H,1-2H3,(H,25,28)(H,26,27)/t17-,18-/m1/s1. The summed E-state index contributed by atoms with van der Waals surface area (Å²) < 4.78 is 5.66. The zero-order valence-electron chi connectivity index (χ0n) is 16.5. The van der Waals surface area contributed by atoms with Gasteiger partial charge in [0.2, 0.25) is 0 Å². The number of hydrogen-bond donors (Lipinski definition) is 2. The molecule has 0 unspecified atom stereocenters. The molecule has 0 saturated carbocycles. The van der Waals surface area contributed by atoms with Gasteiger partial charge >= 0.3 is 0 Å². The second-order valence-electron chi connectivity index (χ2n) is 6.71. The van der Waals surface area contributed by atoms with E-state index in [1.807, 2.05) is 55.5 Å². The summed E-state index contributed by atoms with van der Waals surface area (Å²) in [4.78, 5) is 25.4. The maximum absolute atomic E-state index is 12.8. The van der Waals surface area contributed by atoms with E-state index in [2.05, 4.69) is 10.6 Å². The minimum atomic E-state index is -0.711. The first-order chi connectivity index (χ1) is 14.0. The van der Waals surface area contributed by atoms with E-state index in [9.17, 15) is 9.59 Å². The Balaban J connectivity index is 1.68. The summed E-state index contributed by atoms with van der Waals surface area (Å²) in [5.74, 6) is 0.0250. The lowest BCUT2D eigenvalue weighted by molar-refractivity contribution is -0.122. The van der Waals surface area contributed by atoms with Crippen LogP contribution in [0.3, 0.4) is 0 Å². The molecule has 0 fully saturated rings. The number of para-hydroxylation sites is 2. The van der Waals surface area contributed by atoms with Gasteiger partial charge in [-0.3, -0.25) is 9.59 Å². The molecule has 2 amide bonds. The summed E-state index contributed by atoms with van der Waals surface area (Å²) in [6.07, 6.45) is -0.711. The fourth-order valence-corrected chi connectivity index (χ4v) is 2.88. The van der Waals surface area contributed by atoms with E-state index >= 15 is 0 Å². The minimum Gasteiger partial charge on any atom is -0.481 e. The molecule has 2 atom stereocenters. The molecule has 0 radical (unpaired) electrons. The van der Waals surface area contributed by atoms with Crippen molar-refractivity contribution in [1.82, 2.24) is 5.32 Å². The summed E-state index contributed by atoms with van der Waals surface area (Å²) in [7, 11) is 0. The van der Waals surface area contributed by atoms with Crippen LogP contribution in [0.4, 0.5) is 5.69 Å². The second-order valence-corrected chi connectivity index (χ2v) is 6.71. The number of anilines is 1. The molecule has 0 heterocycles. The van der Waals surface area contributed by atoms with Crippen LogP contribution in [0.15, 0.2) is 84.9 Å². The van der Waals surface area contributed by atoms with Crippen molar-refractivity contribution in [3.05, 3.63) is 96.1 Å². The van der Waals surface area contributed by atoms with Crippen molar-refractivity contribution >= 4 is 17.5 Å². The summed E-state index contributed by atoms with van der Waals surface area (Å²) in [6, 6.07) is 25.6. The topological polar surface area (TPSA) is 67.4 Å². The first kappa shape index (κ1) is 20.1. The van der Waals surface area contributed by atoms with Gasteiger partial charge in [0.05, 0.1) is 17.3 Å². The van der Waals surface area contributed by atoms with Crippen molar-refractivity contribution in [3.63, 3.8) is 0 Å². The number of hydrogen-bond acceptors (Lipinski definition) is 3. The normalized spacial score (nSPS) is 12.5. The van der Waals surface area contributed by atoms with Crippen LogP contribution in [0.1, 0.15) is 35.8 Å². The summed E-state index contributed by atoms with van der Waals surface area (Å²) >= 11 is 0. The molecule has 0 aliphatic heterocycles. The highest BCUT2D eigenvalue weighted by Gasteiger charge is 2.19. The molecule has 0 aromatic heterocycles. The number of carbonyl (C=O) groups is 2. The van der Waals surface area contributed by atoms with E-state index in [0.717, 1.165) is 5.56 Å². The van der Waals surface area contributed by atoms with Gasteiger partial charge in [0.15, 0.2) is 6.10 Å². The smallest absolute Gasteiger partial charge is 0.265 e. The Bertz CT molecular complexity index is 958. The fraction of sp³-hybridized carbons (Fsp3) is 0.167. The van der Waals surface area contributed by atoms with Crippen molar-refractivity contribution in [2.24, 2.45) is 0 Å². The molecule has 5 nitrogen and oxygen atoms in total. The monoisotopic (exact) mass is 388 g/mol.